The van der Waals surface area contributed by atoms with Crippen molar-refractivity contribution in [3.8, 4) is 0 Å². The molecule has 19 heavy (non-hydrogen) atoms. The first kappa shape index (κ1) is 15.0. The second-order valence-electron chi connectivity index (χ2n) is 4.17. The summed E-state index contributed by atoms with van der Waals surface area (Å²) < 4.78 is 3.53. The Hall–Kier alpha value is -0.360. The molecule has 1 unspecified atom stereocenters. The molecule has 3 nitrogen and oxygen atoms in total. The molecule has 1 aromatic heterocycles. The first-order valence-corrected chi connectivity index (χ1v) is 7.85. The van der Waals surface area contributed by atoms with Crippen molar-refractivity contribution in [3.05, 3.63) is 49.6 Å². The molecule has 1 heterocycles. The van der Waals surface area contributed by atoms with Gasteiger partial charge in [0.2, 0.25) is 0 Å². The van der Waals surface area contributed by atoms with Crippen molar-refractivity contribution < 1.29 is 5.11 Å². The van der Waals surface area contributed by atoms with Crippen molar-refractivity contribution in [1.82, 2.24) is 9.78 Å². The van der Waals surface area contributed by atoms with Crippen LogP contribution in [-0.2, 0) is 6.54 Å². The molecule has 102 valence electrons. The zero-order valence-electron chi connectivity index (χ0n) is 10.3. The Labute approximate surface area is 133 Å². The maximum absolute atomic E-state index is 10.6. The molecular weight excluding hydrogens is 395 g/mol. The van der Waals surface area contributed by atoms with Gasteiger partial charge in [0.05, 0.1) is 16.9 Å². The minimum Gasteiger partial charge on any atom is -0.382 e. The Morgan fingerprint density at radius 1 is 1.42 bits per heavy atom. The number of hydrogen-bond acceptors (Lipinski definition) is 2. The lowest BCUT2D eigenvalue weighted by atomic mass is 10.1. The minimum absolute atomic E-state index is 0.482. The van der Waals surface area contributed by atoms with Crippen molar-refractivity contribution in [2.45, 2.75) is 26.0 Å². The molecule has 0 saturated carbocycles. The summed E-state index contributed by atoms with van der Waals surface area (Å²) in [5, 5.41) is 15.2. The molecule has 6 heteroatoms. The third-order valence-electron chi connectivity index (χ3n) is 2.78. The van der Waals surface area contributed by atoms with E-state index in [4.69, 9.17) is 11.6 Å². The first-order chi connectivity index (χ1) is 9.04. The number of halogens is 3. The van der Waals surface area contributed by atoms with Crippen molar-refractivity contribution in [2.75, 3.05) is 0 Å². The summed E-state index contributed by atoms with van der Waals surface area (Å²) in [6, 6.07) is 5.64. The quantitative estimate of drug-likeness (QED) is 0.806. The Morgan fingerprint density at radius 2 is 2.16 bits per heavy atom. The summed E-state index contributed by atoms with van der Waals surface area (Å²) in [6.45, 7) is 2.79. The van der Waals surface area contributed by atoms with E-state index in [1.54, 1.807) is 10.9 Å². The summed E-state index contributed by atoms with van der Waals surface area (Å²) in [5.74, 6) is 0. The van der Waals surface area contributed by atoms with E-state index >= 15 is 0 Å². The van der Waals surface area contributed by atoms with Crippen molar-refractivity contribution in [3.63, 3.8) is 0 Å². The highest BCUT2D eigenvalue weighted by Gasteiger charge is 2.21. The van der Waals surface area contributed by atoms with Crippen LogP contribution < -0.4 is 0 Å². The van der Waals surface area contributed by atoms with Crippen molar-refractivity contribution in [2.24, 2.45) is 0 Å². The molecule has 2 aromatic rings. The molecule has 0 fully saturated rings. The van der Waals surface area contributed by atoms with Gasteiger partial charge >= 0.3 is 0 Å². The Morgan fingerprint density at radius 3 is 2.79 bits per heavy atom. The maximum Gasteiger partial charge on any atom is 0.123 e. The fourth-order valence-electron chi connectivity index (χ4n) is 1.90. The third kappa shape index (κ3) is 3.21. The fraction of sp³-hybridized carbons (Fsp3) is 0.308. The second-order valence-corrected chi connectivity index (χ2v) is 6.35. The zero-order valence-corrected chi connectivity index (χ0v) is 14.2. The highest BCUT2D eigenvalue weighted by atomic mass is 79.9. The second kappa shape index (κ2) is 6.39. The lowest BCUT2D eigenvalue weighted by molar-refractivity contribution is 0.206. The Kier molecular flexibility index (Phi) is 5.06. The van der Waals surface area contributed by atoms with E-state index in [-0.39, 0.29) is 0 Å². The molecule has 0 bridgehead atoms. The molecule has 0 spiro atoms. The average Bonchev–Trinajstić information content (AvgIpc) is 2.70. The molecule has 0 amide bonds. The van der Waals surface area contributed by atoms with Crippen LogP contribution >= 0.6 is 43.5 Å². The van der Waals surface area contributed by atoms with E-state index in [9.17, 15) is 5.11 Å². The number of nitrogens with zero attached hydrogens (tertiary/aromatic N) is 2. The first-order valence-electron chi connectivity index (χ1n) is 5.88. The molecule has 0 radical (unpaired) electrons. The van der Waals surface area contributed by atoms with Crippen LogP contribution in [0.2, 0.25) is 5.02 Å². The zero-order chi connectivity index (χ0) is 14.0. The summed E-state index contributed by atoms with van der Waals surface area (Å²) in [6.07, 6.45) is 1.70. The molecule has 0 aliphatic rings. The SMILES string of the molecule is CCCn1ncc(Cl)c1C(O)c1ccc(Br)cc1Br. The van der Waals surface area contributed by atoms with Gasteiger partial charge in [0.1, 0.15) is 6.10 Å². The monoisotopic (exact) mass is 406 g/mol. The van der Waals surface area contributed by atoms with E-state index in [0.717, 1.165) is 27.5 Å². The Balaban J connectivity index is 2.43. The number of aliphatic hydroxyl groups excluding tert-OH is 1. The smallest absolute Gasteiger partial charge is 0.123 e. The average molecular weight is 409 g/mol. The molecule has 1 N–H and O–H groups in total. The predicted octanol–water partition coefficient (Wildman–Crippen LogP) is 4.55. The number of aromatic nitrogens is 2. The topological polar surface area (TPSA) is 38.0 Å². The fourth-order valence-corrected chi connectivity index (χ4v) is 3.41. The molecular formula is C13H13Br2ClN2O. The van der Waals surface area contributed by atoms with E-state index < -0.39 is 6.10 Å². The molecule has 0 saturated heterocycles. The molecule has 1 atom stereocenters. The normalized spacial score (nSPS) is 12.7. The number of aryl methyl sites for hydroxylation is 1. The molecule has 1 aromatic carbocycles. The Bertz CT molecular complexity index is 586. The van der Waals surface area contributed by atoms with Gasteiger partial charge in [-0.15, -0.1) is 0 Å². The van der Waals surface area contributed by atoms with Gasteiger partial charge in [0.25, 0.3) is 0 Å². The number of aliphatic hydroxyl groups is 1. The van der Waals surface area contributed by atoms with Gasteiger partial charge in [-0.3, -0.25) is 4.68 Å². The number of benzene rings is 1. The lowest BCUT2D eigenvalue weighted by Crippen LogP contribution is -2.11. The van der Waals surface area contributed by atoms with E-state index in [1.165, 1.54) is 0 Å². The number of hydrogen-bond donors (Lipinski definition) is 1. The van der Waals surface area contributed by atoms with E-state index in [1.807, 2.05) is 18.2 Å². The lowest BCUT2D eigenvalue weighted by Gasteiger charge is -2.15. The van der Waals surface area contributed by atoms with Crippen LogP contribution in [0.5, 0.6) is 0 Å². The van der Waals surface area contributed by atoms with Crippen molar-refractivity contribution in [1.29, 1.82) is 0 Å². The third-order valence-corrected chi connectivity index (χ3v) is 4.26. The van der Waals surface area contributed by atoms with Crippen LogP contribution in [0.25, 0.3) is 0 Å². The van der Waals surface area contributed by atoms with Crippen LogP contribution in [0.1, 0.15) is 30.7 Å². The highest BCUT2D eigenvalue weighted by Crippen LogP contribution is 2.33. The molecule has 0 aliphatic heterocycles. The summed E-state index contributed by atoms with van der Waals surface area (Å²) >= 11 is 13.0. The van der Waals surface area contributed by atoms with E-state index in [0.29, 0.717) is 10.7 Å². The summed E-state index contributed by atoms with van der Waals surface area (Å²) in [5.41, 5.74) is 1.40. The largest absolute Gasteiger partial charge is 0.382 e. The standard InChI is InChI=1S/C13H13Br2ClN2O/c1-2-5-18-12(11(16)7-17-18)13(19)9-4-3-8(14)6-10(9)15/h3-4,6-7,13,19H,2,5H2,1H3. The van der Waals surface area contributed by atoms with Crippen LogP contribution in [0, 0.1) is 0 Å². The van der Waals surface area contributed by atoms with Crippen LogP contribution in [-0.4, -0.2) is 14.9 Å². The molecule has 2 rings (SSSR count). The van der Waals surface area contributed by atoms with Gasteiger partial charge in [0, 0.05) is 21.1 Å². The minimum atomic E-state index is -0.802. The van der Waals surface area contributed by atoms with Gasteiger partial charge in [-0.05, 0) is 18.6 Å². The van der Waals surface area contributed by atoms with Gasteiger partial charge in [-0.25, -0.2) is 0 Å². The van der Waals surface area contributed by atoms with Gasteiger partial charge in [0.15, 0.2) is 0 Å². The van der Waals surface area contributed by atoms with Gasteiger partial charge < -0.3 is 5.11 Å². The van der Waals surface area contributed by atoms with Crippen LogP contribution in [0.3, 0.4) is 0 Å². The number of rotatable bonds is 4. The van der Waals surface area contributed by atoms with Gasteiger partial charge in [-0.2, -0.15) is 5.10 Å². The van der Waals surface area contributed by atoms with Crippen LogP contribution in [0.15, 0.2) is 33.3 Å². The van der Waals surface area contributed by atoms with E-state index in [2.05, 4.69) is 43.9 Å². The summed E-state index contributed by atoms with van der Waals surface area (Å²) in [7, 11) is 0. The maximum atomic E-state index is 10.6. The van der Waals surface area contributed by atoms with Gasteiger partial charge in [-0.1, -0.05) is 56.5 Å². The summed E-state index contributed by atoms with van der Waals surface area (Å²) in [4.78, 5) is 0. The highest BCUT2D eigenvalue weighted by molar-refractivity contribution is 9.11. The predicted molar refractivity (Wildman–Crippen MR) is 83.4 cm³/mol. The van der Waals surface area contributed by atoms with Crippen molar-refractivity contribution >= 4 is 43.5 Å². The van der Waals surface area contributed by atoms with Crippen LogP contribution in [0.4, 0.5) is 0 Å². The molecule has 0 aliphatic carbocycles.